The summed E-state index contributed by atoms with van der Waals surface area (Å²) in [5, 5.41) is 41.8. The number of nitrogens with zero attached hydrogens (tertiary/aromatic N) is 30. The maximum Gasteiger partial charge on any atom is 2.00 e. The van der Waals surface area contributed by atoms with Gasteiger partial charge < -0.3 is 74.2 Å². The number of aryl methyl sites for hydroxylation is 4. The zero-order valence-electron chi connectivity index (χ0n) is 46.9. The van der Waals surface area contributed by atoms with E-state index in [1.807, 2.05) is 83.5 Å². The molecular formula is C49H39F9N30Pt3. The van der Waals surface area contributed by atoms with E-state index in [-0.39, 0.29) is 98.1 Å². The quantitative estimate of drug-likeness (QED) is 0.166. The fourth-order valence-corrected chi connectivity index (χ4v) is 6.59. The smallest absolute Gasteiger partial charge is 0.420 e. The largest absolute Gasteiger partial charge is 2.00 e. The summed E-state index contributed by atoms with van der Waals surface area (Å²) in [4.78, 5) is 56.9. The second-order valence-electron chi connectivity index (χ2n) is 17.2. The van der Waals surface area contributed by atoms with E-state index in [1.54, 1.807) is 25.5 Å². The molecule has 42 heteroatoms. The van der Waals surface area contributed by atoms with Crippen LogP contribution < -0.4 is 30.6 Å². The first kappa shape index (κ1) is 72.1. The Morgan fingerprint density at radius 2 is 0.692 bits per heavy atom. The Kier molecular flexibility index (Phi) is 25.9. The van der Waals surface area contributed by atoms with Crippen LogP contribution in [-0.4, -0.2) is 119 Å². The number of aromatic nitrogens is 30. The van der Waals surface area contributed by atoms with E-state index in [0.29, 0.717) is 46.8 Å². The van der Waals surface area contributed by atoms with Crippen LogP contribution in [0.4, 0.5) is 39.5 Å². The van der Waals surface area contributed by atoms with Crippen LogP contribution in [0.15, 0.2) is 123 Å². The third-order valence-electron chi connectivity index (χ3n) is 10.4. The van der Waals surface area contributed by atoms with Gasteiger partial charge in [-0.3, -0.25) is 30.6 Å². The normalized spacial score (nSPS) is 10.9. The molecule has 12 aromatic heterocycles. The van der Waals surface area contributed by atoms with Gasteiger partial charge >= 0.3 is 81.7 Å². The molecule has 91 heavy (non-hydrogen) atoms. The predicted octanol–water partition coefficient (Wildman–Crippen LogP) is 5.65. The summed E-state index contributed by atoms with van der Waals surface area (Å²) in [6.07, 6.45) is 5.34. The van der Waals surface area contributed by atoms with Crippen molar-refractivity contribution in [3.05, 3.63) is 158 Å². The Labute approximate surface area is 548 Å². The van der Waals surface area contributed by atoms with Crippen LogP contribution in [0.5, 0.6) is 0 Å². The molecule has 0 unspecified atom stereocenters. The fraction of sp³-hybridized carbons (Fsp3) is 0.204. The average molecular weight is 1800 g/mol. The first-order valence-electron chi connectivity index (χ1n) is 24.8. The first-order chi connectivity index (χ1) is 42.0. The van der Waals surface area contributed by atoms with Gasteiger partial charge in [0, 0.05) is 146 Å². The van der Waals surface area contributed by atoms with E-state index in [1.165, 1.54) is 55.4 Å². The molecule has 0 amide bonds. The molecule has 1 aromatic carbocycles. The van der Waals surface area contributed by atoms with E-state index in [4.69, 9.17) is 0 Å². The van der Waals surface area contributed by atoms with E-state index in [9.17, 15) is 39.5 Å². The molecule has 30 nitrogen and oxygen atoms in total. The summed E-state index contributed by atoms with van der Waals surface area (Å²) in [5.74, 6) is 1.45. The molecule has 0 aliphatic rings. The Bertz CT molecular complexity index is 3980. The van der Waals surface area contributed by atoms with Crippen LogP contribution in [0.3, 0.4) is 0 Å². The predicted molar refractivity (Wildman–Crippen MR) is 281 cm³/mol. The van der Waals surface area contributed by atoms with Crippen LogP contribution in [0.25, 0.3) is 75.6 Å². The minimum Gasteiger partial charge on any atom is -0.420 e. The molecule has 0 fully saturated rings. The van der Waals surface area contributed by atoms with Crippen molar-refractivity contribution in [1.29, 1.82) is 0 Å². The van der Waals surface area contributed by atoms with Gasteiger partial charge in [0.1, 0.15) is 34.9 Å². The van der Waals surface area contributed by atoms with Crippen LogP contribution in [0, 0.1) is 20.8 Å². The third-order valence-corrected chi connectivity index (χ3v) is 10.4. The second-order valence-corrected chi connectivity index (χ2v) is 17.2. The fourth-order valence-electron chi connectivity index (χ4n) is 6.59. The molecule has 0 aliphatic carbocycles. The van der Waals surface area contributed by atoms with Crippen molar-refractivity contribution >= 4 is 0 Å². The molecule has 0 saturated carbocycles. The summed E-state index contributed by atoms with van der Waals surface area (Å²) < 4.78 is 115. The number of alkyl halides is 9. The maximum absolute atomic E-state index is 12.1. The van der Waals surface area contributed by atoms with Gasteiger partial charge in [0.15, 0.2) is 17.5 Å². The van der Waals surface area contributed by atoms with Gasteiger partial charge in [0.25, 0.3) is 0 Å². The van der Waals surface area contributed by atoms with Crippen LogP contribution >= 0.6 is 0 Å². The monoisotopic (exact) mass is 1800 g/mol. The van der Waals surface area contributed by atoms with Crippen LogP contribution in [0.1, 0.15) is 54.8 Å². The van der Waals surface area contributed by atoms with Gasteiger partial charge in [0.2, 0.25) is 0 Å². The summed E-state index contributed by atoms with van der Waals surface area (Å²) in [5.41, 5.74) is 1.03. The van der Waals surface area contributed by atoms with Gasteiger partial charge in [-0.1, -0.05) is 18.2 Å². The van der Waals surface area contributed by atoms with E-state index in [0.717, 1.165) is 17.3 Å². The zero-order chi connectivity index (χ0) is 63.0. The Balaban J connectivity index is 0.000000198. The molecule has 0 spiro atoms. The number of hydrogen-bond acceptors (Lipinski definition) is 21. The maximum atomic E-state index is 12.1. The zero-order valence-corrected chi connectivity index (χ0v) is 53.7. The Morgan fingerprint density at radius 3 is 1.02 bits per heavy atom. The molecule has 0 atom stereocenters. The number of imidazole rings is 3. The van der Waals surface area contributed by atoms with Crippen molar-refractivity contribution in [1.82, 2.24) is 150 Å². The molecule has 12 heterocycles. The van der Waals surface area contributed by atoms with Gasteiger partial charge in [0.05, 0.1) is 0 Å². The average Bonchev–Trinajstić information content (AvgIpc) is 1.94. The van der Waals surface area contributed by atoms with Crippen molar-refractivity contribution in [3.8, 4) is 75.6 Å². The molecule has 0 N–H and O–H groups in total. The molecule has 478 valence electrons. The van der Waals surface area contributed by atoms with E-state index >= 15 is 0 Å². The van der Waals surface area contributed by atoms with Crippen molar-refractivity contribution in [3.63, 3.8) is 0 Å². The van der Waals surface area contributed by atoms with Crippen molar-refractivity contribution in [2.45, 2.75) is 59.2 Å². The number of halogens is 9. The first-order valence-corrected chi connectivity index (χ1v) is 24.8. The van der Waals surface area contributed by atoms with Crippen molar-refractivity contribution in [2.75, 3.05) is 0 Å². The summed E-state index contributed by atoms with van der Waals surface area (Å²) in [6.45, 7) is 9.62. The number of hydrogen-bond donors (Lipinski definition) is 0. The number of para-hydroxylation sites is 1. The second kappa shape index (κ2) is 32.7. The molecule has 0 radical (unpaired) electrons. The van der Waals surface area contributed by atoms with Gasteiger partial charge in [-0.15, -0.1) is 0 Å². The summed E-state index contributed by atoms with van der Waals surface area (Å²) >= 11 is 0. The van der Waals surface area contributed by atoms with Gasteiger partial charge in [-0.25, -0.2) is 44.9 Å². The third kappa shape index (κ3) is 20.2. The molecule has 0 bridgehead atoms. The van der Waals surface area contributed by atoms with Gasteiger partial charge in [-0.05, 0) is 65.0 Å². The van der Waals surface area contributed by atoms with Crippen molar-refractivity contribution < 1.29 is 103 Å². The summed E-state index contributed by atoms with van der Waals surface area (Å²) in [6, 6.07) is 14.9. The molecular weight excluding hydrogens is 1760 g/mol. The van der Waals surface area contributed by atoms with Crippen molar-refractivity contribution in [2.24, 2.45) is 7.05 Å². The number of rotatable bonds is 8. The minimum absolute atomic E-state index is 0. The molecule has 0 aliphatic heterocycles. The van der Waals surface area contributed by atoms with Gasteiger partial charge in [-0.2, -0.15) is 39.5 Å². The Hall–Kier alpha value is -9.64. The standard InChI is InChI=1S/C12H10N5.C9H12N5.3C7H3F3N5.C7H8N5.3Pt/c1-9-14-11(16-15-9)12-13-7-8-17(12)10-5-3-2-4-6-10;1-6(2)14-5-4-10-9(14)8-11-7(3)12-13-8;3*8-7(9,10)6-13-5(14-15-6)4-11-2-1-3-12-4;1-5-9-6(11-10-5)7-8-3-4-12(7)2;;;/h2-8H,1H3;4-6H,1-3H3;3*1-3H;3-4H,1-2H3;;;/q6*-1;3*+2. The minimum atomic E-state index is -4.60. The SMILES string of the molecule is Cc1n[n-]c(-c2nccn2-c2ccccc2)n1.Cc1n[n-]c(-c2nccn2C(C)C)n1.Cc1n[n-]c(-c2nccn2C)n1.FC(F)(F)c1n[n-]c(-c2ncccn2)n1.FC(F)(F)c1n[n-]c(-c2ncccn2)n1.FC(F)(F)c1n[n-]c(-c2ncccn2)n1.[Pt+2].[Pt+2].[Pt+2]. The topological polar surface area (TPSA) is 370 Å². The summed E-state index contributed by atoms with van der Waals surface area (Å²) in [7, 11) is 1.90. The van der Waals surface area contributed by atoms with E-state index < -0.39 is 36.0 Å². The molecule has 13 rings (SSSR count). The molecule has 13 aromatic rings. The van der Waals surface area contributed by atoms with Crippen LogP contribution in [-0.2, 0) is 88.8 Å². The van der Waals surface area contributed by atoms with E-state index in [2.05, 4.69) is 150 Å². The molecule has 0 saturated heterocycles. The van der Waals surface area contributed by atoms with Crippen LogP contribution in [0.2, 0.25) is 0 Å². The Morgan fingerprint density at radius 1 is 0.363 bits per heavy atom. The number of benzene rings is 1.